The number of aryl methyl sites for hydroxylation is 4. The molecule has 0 radical (unpaired) electrons. The average molecular weight is 840 g/mol. The van der Waals surface area contributed by atoms with E-state index >= 15 is 0 Å². The molecule has 2 atom stereocenters. The van der Waals surface area contributed by atoms with Crippen molar-refractivity contribution in [2.75, 3.05) is 0 Å². The largest absolute Gasteiger partial charge is 4.00 e. The SMILES string of the molecule is CC1=CC(C)C(=[NH+]C(C)(C)C)C([c-]2c(C)cc(C)c2C)=C1.CC1=CC(C)C(=[NH+]C(C)(C)C)C([c-]2c(C)cc(C)c2C)=C1.[Cl-].[Cl-].[Cl-].[Cl-].[Cl-].[Ti+4].[Ti]. The van der Waals surface area contributed by atoms with Crippen LogP contribution in [0.5, 0.6) is 0 Å². The van der Waals surface area contributed by atoms with Gasteiger partial charge in [-0.1, -0.05) is 89.8 Å². The van der Waals surface area contributed by atoms with Gasteiger partial charge in [0.25, 0.3) is 0 Å². The second-order valence-electron chi connectivity index (χ2n) is 15.1. The minimum absolute atomic E-state index is 0. The first kappa shape index (κ1) is 58.2. The van der Waals surface area contributed by atoms with Crippen LogP contribution in [0, 0.1) is 53.4 Å². The first-order valence-electron chi connectivity index (χ1n) is 15.8. The van der Waals surface area contributed by atoms with E-state index in [4.69, 9.17) is 0 Å². The molecule has 2 aromatic rings. The second kappa shape index (κ2) is 22.8. The Morgan fingerprint density at radius 1 is 0.531 bits per heavy atom. The van der Waals surface area contributed by atoms with Gasteiger partial charge in [-0.3, -0.25) is 9.98 Å². The van der Waals surface area contributed by atoms with Crippen molar-refractivity contribution in [1.82, 2.24) is 0 Å². The van der Waals surface area contributed by atoms with Gasteiger partial charge >= 0.3 is 21.7 Å². The van der Waals surface area contributed by atoms with Gasteiger partial charge in [0.15, 0.2) is 0 Å². The van der Waals surface area contributed by atoms with Crippen molar-refractivity contribution >= 4 is 22.6 Å². The summed E-state index contributed by atoms with van der Waals surface area (Å²) < 4.78 is 0. The maximum absolute atomic E-state index is 3.74. The van der Waals surface area contributed by atoms with E-state index in [-0.39, 0.29) is 117 Å². The summed E-state index contributed by atoms with van der Waals surface area (Å²) in [6.07, 6.45) is 9.36. The fourth-order valence-corrected chi connectivity index (χ4v) is 6.56. The Kier molecular flexibility index (Phi) is 27.1. The van der Waals surface area contributed by atoms with E-state index in [2.05, 4.69) is 157 Å². The molecule has 0 amide bonds. The monoisotopic (exact) mass is 837 g/mol. The molecule has 2 nitrogen and oxygen atoms in total. The van der Waals surface area contributed by atoms with Crippen molar-refractivity contribution in [3.63, 3.8) is 0 Å². The van der Waals surface area contributed by atoms with Gasteiger partial charge in [0.1, 0.15) is 22.5 Å². The van der Waals surface area contributed by atoms with Gasteiger partial charge in [-0.15, -0.1) is 57.7 Å². The number of rotatable bonds is 2. The summed E-state index contributed by atoms with van der Waals surface area (Å²) in [6.45, 7) is 35.7. The molecule has 2 aliphatic carbocycles. The smallest absolute Gasteiger partial charge is 1.00 e. The molecule has 0 spiro atoms. The van der Waals surface area contributed by atoms with Crippen LogP contribution in [0.2, 0.25) is 0 Å². The predicted octanol–water partition coefficient (Wildman–Crippen LogP) is -7.72. The number of allylic oxidation sites excluding steroid dienone is 8. The molecular weight excluding hydrogens is 781 g/mol. The molecule has 2 aromatic carbocycles. The molecule has 0 saturated carbocycles. The van der Waals surface area contributed by atoms with Crippen LogP contribution in [0.1, 0.15) is 114 Å². The molecular formula is C40H58Cl5N2Ti2-. The standard InChI is InChI=1S/2C20H28N.5ClH.2Ti/c2*1-12-9-15(4)19(21-20(6,7)8)17(10-12)18-14(3)11-13(2)16(18)5;;;;;;;/h2*9-11,15H,1-8H3;5*1H;;/q2*-1;;;;;;;+4/p-3. The normalized spacial score (nSPS) is 18.4. The van der Waals surface area contributed by atoms with Gasteiger partial charge in [-0.05, 0) is 66.5 Å². The topological polar surface area (TPSA) is 27.9 Å². The first-order valence-corrected chi connectivity index (χ1v) is 15.8. The molecule has 272 valence electrons. The summed E-state index contributed by atoms with van der Waals surface area (Å²) in [5.74, 6) is 0.858. The van der Waals surface area contributed by atoms with Crippen LogP contribution in [0.25, 0.3) is 11.1 Å². The minimum Gasteiger partial charge on any atom is -1.00 e. The van der Waals surface area contributed by atoms with E-state index in [1.807, 2.05) is 0 Å². The van der Waals surface area contributed by atoms with Gasteiger partial charge in [0.05, 0.1) is 0 Å². The molecule has 0 aliphatic heterocycles. The molecule has 49 heavy (non-hydrogen) atoms. The Hall–Kier alpha value is -0.121. The van der Waals surface area contributed by atoms with Crippen LogP contribution in [-0.4, -0.2) is 22.5 Å². The van der Waals surface area contributed by atoms with Gasteiger partial charge < -0.3 is 62.0 Å². The summed E-state index contributed by atoms with van der Waals surface area (Å²) in [6, 6.07) is 4.61. The van der Waals surface area contributed by atoms with Crippen LogP contribution in [0.3, 0.4) is 0 Å². The molecule has 4 rings (SSSR count). The molecule has 0 bridgehead atoms. The van der Waals surface area contributed by atoms with Gasteiger partial charge in [0, 0.05) is 33.6 Å². The van der Waals surface area contributed by atoms with Crippen LogP contribution in [-0.2, 0) is 43.4 Å². The molecule has 2 N–H and O–H groups in total. The molecule has 2 unspecified atom stereocenters. The number of halogens is 5. The van der Waals surface area contributed by atoms with E-state index in [0.717, 1.165) is 0 Å². The molecule has 0 saturated heterocycles. The summed E-state index contributed by atoms with van der Waals surface area (Å²) >= 11 is 0. The maximum Gasteiger partial charge on any atom is 4.00 e. The molecule has 0 fully saturated rings. The van der Waals surface area contributed by atoms with Crippen molar-refractivity contribution in [2.45, 2.75) is 122 Å². The van der Waals surface area contributed by atoms with Gasteiger partial charge in [-0.25, -0.2) is 0 Å². The predicted molar refractivity (Wildman–Crippen MR) is 186 cm³/mol. The Morgan fingerprint density at radius 3 is 1.00 bits per heavy atom. The molecule has 2 aliphatic rings. The third-order valence-electron chi connectivity index (χ3n) is 8.41. The van der Waals surface area contributed by atoms with E-state index in [0.29, 0.717) is 11.8 Å². The van der Waals surface area contributed by atoms with Crippen LogP contribution >= 0.6 is 0 Å². The zero-order chi connectivity index (χ0) is 31.9. The fourth-order valence-electron chi connectivity index (χ4n) is 6.56. The second-order valence-corrected chi connectivity index (χ2v) is 15.1. The Bertz CT molecular complexity index is 1440. The van der Waals surface area contributed by atoms with Crippen molar-refractivity contribution in [3.8, 4) is 0 Å². The van der Waals surface area contributed by atoms with Crippen LogP contribution in [0.4, 0.5) is 0 Å². The van der Waals surface area contributed by atoms with Crippen molar-refractivity contribution in [3.05, 3.63) is 92.1 Å². The Labute approximate surface area is 360 Å². The average Bonchev–Trinajstić information content (AvgIpc) is 3.22. The summed E-state index contributed by atoms with van der Waals surface area (Å²) in [5, 5.41) is 0. The van der Waals surface area contributed by atoms with E-state index < -0.39 is 0 Å². The summed E-state index contributed by atoms with van der Waals surface area (Å²) in [4.78, 5) is 7.49. The third kappa shape index (κ3) is 15.0. The minimum atomic E-state index is 0. The van der Waals surface area contributed by atoms with Crippen molar-refractivity contribution in [1.29, 1.82) is 0 Å². The zero-order valence-electron chi connectivity index (χ0n) is 32.5. The van der Waals surface area contributed by atoms with Gasteiger partial charge in [0.2, 0.25) is 0 Å². The quantitative estimate of drug-likeness (QED) is 0.223. The third-order valence-corrected chi connectivity index (χ3v) is 8.41. The summed E-state index contributed by atoms with van der Waals surface area (Å²) in [5.41, 5.74) is 19.5. The van der Waals surface area contributed by atoms with E-state index in [1.165, 1.54) is 78.2 Å². The molecule has 0 heterocycles. The molecule has 0 aromatic heterocycles. The van der Waals surface area contributed by atoms with E-state index in [1.54, 1.807) is 0 Å². The zero-order valence-corrected chi connectivity index (χ0v) is 39.4. The number of hydrogen-bond acceptors (Lipinski definition) is 0. The molecule has 9 heteroatoms. The van der Waals surface area contributed by atoms with Crippen LogP contribution in [0.15, 0.2) is 47.6 Å². The fraction of sp³-hybridized carbons (Fsp3) is 0.500. The number of nitrogens with one attached hydrogen (secondary N) is 2. The van der Waals surface area contributed by atoms with Crippen LogP contribution < -0.4 is 72.0 Å². The first-order chi connectivity index (χ1) is 19.2. The maximum atomic E-state index is 3.74. The summed E-state index contributed by atoms with van der Waals surface area (Å²) in [7, 11) is 0. The number of hydrogen-bond donors (Lipinski definition) is 2. The van der Waals surface area contributed by atoms with Crippen molar-refractivity contribution in [2.24, 2.45) is 11.8 Å². The van der Waals surface area contributed by atoms with Crippen molar-refractivity contribution < 1.29 is 115 Å². The Balaban J connectivity index is -0.000000230. The Morgan fingerprint density at radius 2 is 0.796 bits per heavy atom. The van der Waals surface area contributed by atoms with E-state index in [9.17, 15) is 0 Å². The van der Waals surface area contributed by atoms with Gasteiger partial charge in [-0.2, -0.15) is 0 Å².